The summed E-state index contributed by atoms with van der Waals surface area (Å²) < 4.78 is 58.7. The van der Waals surface area contributed by atoms with Crippen LogP contribution in [0.3, 0.4) is 0 Å². The molecule has 0 spiro atoms. The number of esters is 1. The number of hydrogen-bond donors (Lipinski definition) is 1. The summed E-state index contributed by atoms with van der Waals surface area (Å²) in [5, 5.41) is 8.54. The summed E-state index contributed by atoms with van der Waals surface area (Å²) in [7, 11) is 0. The van der Waals surface area contributed by atoms with E-state index in [1.54, 1.807) is 0 Å². The van der Waals surface area contributed by atoms with Gasteiger partial charge in [0, 0.05) is 6.08 Å². The Kier molecular flexibility index (Phi) is 6.17. The number of carbonyl (C=O) groups excluding carboxylic acids is 1. The van der Waals surface area contributed by atoms with E-state index in [9.17, 15) is 27.2 Å². The molecule has 0 fully saturated rings. The molecule has 0 aromatic heterocycles. The average Bonchev–Trinajstić information content (AvgIpc) is 2.61. The Bertz CT molecular complexity index is 830. The fraction of sp³-hybridized carbons (Fsp3) is 0.111. The van der Waals surface area contributed by atoms with Crippen molar-refractivity contribution < 1.29 is 41.7 Å². The van der Waals surface area contributed by atoms with E-state index in [1.807, 2.05) is 0 Å². The van der Waals surface area contributed by atoms with Gasteiger partial charge in [-0.15, -0.1) is 0 Å². The van der Waals surface area contributed by atoms with E-state index in [1.165, 1.54) is 30.3 Å². The van der Waals surface area contributed by atoms with Gasteiger partial charge in [0.25, 0.3) is 0 Å². The molecule has 0 amide bonds. The Labute approximate surface area is 150 Å². The largest absolute Gasteiger partial charge is 0.478 e. The van der Waals surface area contributed by atoms with Crippen LogP contribution in [0.25, 0.3) is 6.08 Å². The lowest BCUT2D eigenvalue weighted by Gasteiger charge is -2.16. The minimum absolute atomic E-state index is 0.0115. The first-order valence-corrected chi connectivity index (χ1v) is 7.35. The maximum absolute atomic E-state index is 12.8. The molecule has 0 aliphatic rings. The minimum Gasteiger partial charge on any atom is -0.478 e. The molecule has 0 saturated heterocycles. The number of hydrogen-bond acceptors (Lipinski definition) is 4. The first-order valence-electron chi connectivity index (χ1n) is 7.35. The second-order valence-corrected chi connectivity index (χ2v) is 5.12. The van der Waals surface area contributed by atoms with Crippen molar-refractivity contribution in [1.29, 1.82) is 0 Å². The van der Waals surface area contributed by atoms with Crippen LogP contribution in [0, 0.1) is 0 Å². The fourth-order valence-electron chi connectivity index (χ4n) is 1.84. The molecule has 2 rings (SSSR count). The highest BCUT2D eigenvalue weighted by Crippen LogP contribution is 2.28. The summed E-state index contributed by atoms with van der Waals surface area (Å²) in [6.07, 6.45) is -6.34. The summed E-state index contributed by atoms with van der Waals surface area (Å²) in [4.78, 5) is 22.4. The number of alkyl halides is 4. The van der Waals surface area contributed by atoms with Gasteiger partial charge in [-0.2, -0.15) is 17.6 Å². The fourth-order valence-corrected chi connectivity index (χ4v) is 1.84. The number of ether oxygens (including phenoxy) is 2. The Morgan fingerprint density at radius 1 is 0.963 bits per heavy atom. The first-order chi connectivity index (χ1) is 12.7. The maximum Gasteiger partial charge on any atom is 0.461 e. The molecule has 0 aliphatic carbocycles. The standard InChI is InChI=1S/C18H12F4O5/c19-17(20)18(21,22)27-14-8-6-13(7-9-14)26-16(25)12-4-1-11(2-5-12)3-10-15(23)24/h1-10,17H,(H,23,24). The minimum atomic E-state index is -4.63. The molecule has 1 N–H and O–H groups in total. The monoisotopic (exact) mass is 384 g/mol. The number of halogens is 4. The number of carbonyl (C=O) groups is 2. The summed E-state index contributed by atoms with van der Waals surface area (Å²) in [6, 6.07) is 9.95. The van der Waals surface area contributed by atoms with E-state index in [0.29, 0.717) is 5.56 Å². The van der Waals surface area contributed by atoms with Gasteiger partial charge in [-0.1, -0.05) is 12.1 Å². The molecule has 0 unspecified atom stereocenters. The molecule has 142 valence electrons. The van der Waals surface area contributed by atoms with Gasteiger partial charge in [-0.25, -0.2) is 9.59 Å². The summed E-state index contributed by atoms with van der Waals surface area (Å²) in [5.41, 5.74) is 0.711. The molecular formula is C18H12F4O5. The predicted octanol–water partition coefficient (Wildman–Crippen LogP) is 4.24. The van der Waals surface area contributed by atoms with E-state index in [0.717, 1.165) is 30.3 Å². The van der Waals surface area contributed by atoms with Crippen molar-refractivity contribution in [3.63, 3.8) is 0 Å². The molecule has 0 aliphatic heterocycles. The molecule has 2 aromatic rings. The molecule has 0 atom stereocenters. The summed E-state index contributed by atoms with van der Waals surface area (Å²) in [6.45, 7) is 0. The van der Waals surface area contributed by atoms with Crippen molar-refractivity contribution in [1.82, 2.24) is 0 Å². The van der Waals surface area contributed by atoms with Crippen LogP contribution in [0.15, 0.2) is 54.6 Å². The van der Waals surface area contributed by atoms with Crippen molar-refractivity contribution >= 4 is 18.0 Å². The van der Waals surface area contributed by atoms with Crippen molar-refractivity contribution in [3.8, 4) is 11.5 Å². The SMILES string of the molecule is O=C(O)C=Cc1ccc(C(=O)Oc2ccc(OC(F)(F)C(F)F)cc2)cc1. The smallest absolute Gasteiger partial charge is 0.461 e. The topological polar surface area (TPSA) is 72.8 Å². The predicted molar refractivity (Wildman–Crippen MR) is 86.1 cm³/mol. The van der Waals surface area contributed by atoms with Crippen LogP contribution in [0.2, 0.25) is 0 Å². The number of carboxylic acids is 1. The normalized spacial score (nSPS) is 11.6. The zero-order valence-corrected chi connectivity index (χ0v) is 13.4. The van der Waals surface area contributed by atoms with Gasteiger partial charge in [-0.3, -0.25) is 0 Å². The number of aliphatic carboxylic acids is 1. The Balaban J connectivity index is 2.00. The van der Waals surface area contributed by atoms with Crippen LogP contribution in [0.5, 0.6) is 11.5 Å². The summed E-state index contributed by atoms with van der Waals surface area (Å²) in [5.74, 6) is -2.40. The second kappa shape index (κ2) is 8.35. The lowest BCUT2D eigenvalue weighted by molar-refractivity contribution is -0.253. The third-order valence-corrected chi connectivity index (χ3v) is 3.11. The van der Waals surface area contributed by atoms with E-state index >= 15 is 0 Å². The van der Waals surface area contributed by atoms with Gasteiger partial charge in [0.2, 0.25) is 0 Å². The Hall–Kier alpha value is -3.36. The molecular weight excluding hydrogens is 372 g/mol. The van der Waals surface area contributed by atoms with Crippen LogP contribution in [0.4, 0.5) is 17.6 Å². The molecule has 27 heavy (non-hydrogen) atoms. The zero-order chi connectivity index (χ0) is 20.0. The third kappa shape index (κ3) is 5.84. The van der Waals surface area contributed by atoms with E-state index in [2.05, 4.69) is 4.74 Å². The molecule has 0 heterocycles. The van der Waals surface area contributed by atoms with Crippen LogP contribution in [-0.2, 0) is 4.79 Å². The van der Waals surface area contributed by atoms with E-state index < -0.39 is 30.2 Å². The maximum atomic E-state index is 12.8. The lowest BCUT2D eigenvalue weighted by Crippen LogP contribution is -2.33. The zero-order valence-electron chi connectivity index (χ0n) is 13.4. The molecule has 5 nitrogen and oxygen atoms in total. The third-order valence-electron chi connectivity index (χ3n) is 3.11. The van der Waals surface area contributed by atoms with Gasteiger partial charge in [0.15, 0.2) is 0 Å². The van der Waals surface area contributed by atoms with Gasteiger partial charge in [0.05, 0.1) is 5.56 Å². The van der Waals surface area contributed by atoms with E-state index in [4.69, 9.17) is 9.84 Å². The quantitative estimate of drug-likeness (QED) is 0.335. The molecule has 0 radical (unpaired) electrons. The highest BCUT2D eigenvalue weighted by molar-refractivity contribution is 5.91. The van der Waals surface area contributed by atoms with Crippen molar-refractivity contribution in [2.75, 3.05) is 0 Å². The molecule has 9 heteroatoms. The van der Waals surface area contributed by atoms with Gasteiger partial charge < -0.3 is 14.6 Å². The number of rotatable bonds is 7. The van der Waals surface area contributed by atoms with Crippen molar-refractivity contribution in [2.45, 2.75) is 12.5 Å². The Morgan fingerprint density at radius 3 is 2.04 bits per heavy atom. The van der Waals surface area contributed by atoms with Gasteiger partial charge in [-0.05, 0) is 48.0 Å². The number of carboxylic acid groups (broad SMARTS) is 1. The second-order valence-electron chi connectivity index (χ2n) is 5.12. The molecule has 0 bridgehead atoms. The highest BCUT2D eigenvalue weighted by atomic mass is 19.3. The lowest BCUT2D eigenvalue weighted by atomic mass is 10.1. The van der Waals surface area contributed by atoms with Crippen LogP contribution < -0.4 is 9.47 Å². The van der Waals surface area contributed by atoms with Crippen LogP contribution >= 0.6 is 0 Å². The highest BCUT2D eigenvalue weighted by Gasteiger charge is 2.43. The van der Waals surface area contributed by atoms with Crippen LogP contribution in [-0.4, -0.2) is 29.6 Å². The molecule has 2 aromatic carbocycles. The summed E-state index contributed by atoms with van der Waals surface area (Å²) >= 11 is 0. The number of benzene rings is 2. The molecule has 0 saturated carbocycles. The van der Waals surface area contributed by atoms with Gasteiger partial charge in [0.1, 0.15) is 11.5 Å². The Morgan fingerprint density at radius 2 is 1.52 bits per heavy atom. The first kappa shape index (κ1) is 20.0. The van der Waals surface area contributed by atoms with Crippen molar-refractivity contribution in [3.05, 3.63) is 65.7 Å². The van der Waals surface area contributed by atoms with Crippen molar-refractivity contribution in [2.24, 2.45) is 0 Å². The van der Waals surface area contributed by atoms with Crippen LogP contribution in [0.1, 0.15) is 15.9 Å². The van der Waals surface area contributed by atoms with E-state index in [-0.39, 0.29) is 11.3 Å². The average molecular weight is 384 g/mol. The van der Waals surface area contributed by atoms with Gasteiger partial charge >= 0.3 is 24.5 Å².